The van der Waals surface area contributed by atoms with E-state index in [1.165, 1.54) is 18.4 Å². The van der Waals surface area contributed by atoms with Gasteiger partial charge in [0.25, 0.3) is 0 Å². The van der Waals surface area contributed by atoms with Gasteiger partial charge < -0.3 is 19.8 Å². The number of halogens is 1. The first-order valence-electron chi connectivity index (χ1n) is 11.2. The van der Waals surface area contributed by atoms with Gasteiger partial charge in [0.15, 0.2) is 5.96 Å². The van der Waals surface area contributed by atoms with Crippen LogP contribution in [0.15, 0.2) is 39.9 Å². The number of ether oxygens (including phenoxy) is 1. The smallest absolute Gasteiger partial charge is 0.216 e. The molecule has 7 heteroatoms. The average Bonchev–Trinajstić information content (AvgIpc) is 3.36. The number of fused-ring (bicyclic) bond motifs is 1. The van der Waals surface area contributed by atoms with Crippen LogP contribution in [0.1, 0.15) is 83.1 Å². The molecule has 0 amide bonds. The van der Waals surface area contributed by atoms with Crippen LogP contribution in [0.4, 0.5) is 0 Å². The van der Waals surface area contributed by atoms with Gasteiger partial charge >= 0.3 is 0 Å². The topological polar surface area (TPSA) is 71.7 Å². The molecular formula is C24H35IN4O2. The van der Waals surface area contributed by atoms with Crippen LogP contribution in [0.3, 0.4) is 0 Å². The number of nitrogens with zero attached hydrogens (tertiary/aromatic N) is 2. The third kappa shape index (κ3) is 5.54. The molecule has 170 valence electrons. The summed E-state index contributed by atoms with van der Waals surface area (Å²) in [4.78, 5) is 9.16. The molecule has 1 aliphatic carbocycles. The van der Waals surface area contributed by atoms with E-state index in [0.717, 1.165) is 43.3 Å². The third-order valence-electron chi connectivity index (χ3n) is 6.03. The molecule has 1 fully saturated rings. The van der Waals surface area contributed by atoms with Crippen LogP contribution in [-0.4, -0.2) is 23.1 Å². The number of aromatic nitrogens is 1. The van der Waals surface area contributed by atoms with E-state index in [9.17, 15) is 0 Å². The van der Waals surface area contributed by atoms with Gasteiger partial charge in [0.2, 0.25) is 5.89 Å². The maximum absolute atomic E-state index is 6.49. The maximum atomic E-state index is 6.49. The standard InChI is InChI=1S/C24H34N4O2.HI/c1-5-25-22(27-16-21-26-15-20(29-21)23(2,3)4)28-18-14-24(12-8-9-13-24)30-19-11-7-6-10-17(18)19;/h6-7,10-11,15,18H,5,8-9,12-14,16H2,1-4H3,(H2,25,27,28);1H. The molecule has 0 bridgehead atoms. The zero-order valence-electron chi connectivity index (χ0n) is 19.0. The highest BCUT2D eigenvalue weighted by molar-refractivity contribution is 14.0. The molecule has 6 nitrogen and oxygen atoms in total. The molecule has 1 atom stereocenters. The SMILES string of the molecule is CCNC(=NCc1ncc(C(C)(C)C)o1)NC1CC2(CCCC2)Oc2ccccc21.I. The average molecular weight is 538 g/mol. The number of oxazole rings is 1. The summed E-state index contributed by atoms with van der Waals surface area (Å²) in [6.45, 7) is 9.63. The molecule has 0 saturated heterocycles. The Morgan fingerprint density at radius 1 is 1.23 bits per heavy atom. The maximum Gasteiger partial charge on any atom is 0.216 e. The summed E-state index contributed by atoms with van der Waals surface area (Å²) >= 11 is 0. The lowest BCUT2D eigenvalue weighted by atomic mass is 9.86. The van der Waals surface area contributed by atoms with Crippen molar-refractivity contribution in [1.82, 2.24) is 15.6 Å². The molecule has 1 aliphatic heterocycles. The third-order valence-corrected chi connectivity index (χ3v) is 6.03. The predicted molar refractivity (Wildman–Crippen MR) is 134 cm³/mol. The van der Waals surface area contributed by atoms with E-state index in [-0.39, 0.29) is 41.0 Å². The van der Waals surface area contributed by atoms with Crippen molar-refractivity contribution in [2.24, 2.45) is 4.99 Å². The lowest BCUT2D eigenvalue weighted by Gasteiger charge is -2.40. The molecule has 1 spiro atoms. The molecule has 2 N–H and O–H groups in total. The number of hydrogen-bond donors (Lipinski definition) is 2. The number of rotatable bonds is 4. The van der Waals surface area contributed by atoms with Crippen LogP contribution in [0.2, 0.25) is 0 Å². The van der Waals surface area contributed by atoms with Crippen LogP contribution in [0.5, 0.6) is 5.75 Å². The summed E-state index contributed by atoms with van der Waals surface area (Å²) in [5.74, 6) is 3.30. The first kappa shape index (κ1) is 23.9. The van der Waals surface area contributed by atoms with Crippen molar-refractivity contribution in [2.45, 2.75) is 83.4 Å². The first-order chi connectivity index (χ1) is 14.4. The minimum atomic E-state index is -0.0564. The fourth-order valence-electron chi connectivity index (χ4n) is 4.43. The van der Waals surface area contributed by atoms with E-state index in [2.05, 4.69) is 67.6 Å². The summed E-state index contributed by atoms with van der Waals surface area (Å²) < 4.78 is 12.4. The number of benzene rings is 1. The molecule has 1 aromatic heterocycles. The van der Waals surface area contributed by atoms with Gasteiger partial charge in [-0.05, 0) is 38.7 Å². The lowest BCUT2D eigenvalue weighted by Crippen LogP contribution is -2.46. The Hall–Kier alpha value is -1.77. The molecule has 1 unspecified atom stereocenters. The quantitative estimate of drug-likeness (QED) is 0.307. The largest absolute Gasteiger partial charge is 0.487 e. The highest BCUT2D eigenvalue weighted by Gasteiger charge is 2.43. The second-order valence-electron chi connectivity index (χ2n) is 9.49. The van der Waals surface area contributed by atoms with Crippen LogP contribution >= 0.6 is 24.0 Å². The normalized spacial score (nSPS) is 20.0. The van der Waals surface area contributed by atoms with Gasteiger partial charge in [-0.3, -0.25) is 0 Å². The van der Waals surface area contributed by atoms with Crippen LogP contribution < -0.4 is 15.4 Å². The summed E-state index contributed by atoms with van der Waals surface area (Å²) in [7, 11) is 0. The van der Waals surface area contributed by atoms with Gasteiger partial charge in [0, 0.05) is 23.9 Å². The zero-order chi connectivity index (χ0) is 21.2. The van der Waals surface area contributed by atoms with Gasteiger partial charge in [-0.15, -0.1) is 24.0 Å². The summed E-state index contributed by atoms with van der Waals surface area (Å²) in [5, 5.41) is 7.04. The fourth-order valence-corrected chi connectivity index (χ4v) is 4.43. The fraction of sp³-hybridized carbons (Fsp3) is 0.583. The van der Waals surface area contributed by atoms with E-state index in [1.807, 2.05) is 6.20 Å². The van der Waals surface area contributed by atoms with Gasteiger partial charge in [-0.1, -0.05) is 39.0 Å². The van der Waals surface area contributed by atoms with Crippen molar-refractivity contribution in [2.75, 3.05) is 6.54 Å². The van der Waals surface area contributed by atoms with Crippen molar-refractivity contribution in [3.8, 4) is 5.75 Å². The highest BCUT2D eigenvalue weighted by atomic mass is 127. The Morgan fingerprint density at radius 2 is 1.97 bits per heavy atom. The summed E-state index contributed by atoms with van der Waals surface area (Å²) in [5.41, 5.74) is 1.10. The second kappa shape index (κ2) is 9.79. The van der Waals surface area contributed by atoms with Crippen molar-refractivity contribution >= 4 is 29.9 Å². The van der Waals surface area contributed by atoms with E-state index in [0.29, 0.717) is 12.4 Å². The van der Waals surface area contributed by atoms with E-state index in [4.69, 9.17) is 14.1 Å². The molecule has 2 heterocycles. The Bertz CT molecular complexity index is 897. The molecule has 4 rings (SSSR count). The molecule has 2 aromatic rings. The molecular weight excluding hydrogens is 503 g/mol. The monoisotopic (exact) mass is 538 g/mol. The van der Waals surface area contributed by atoms with E-state index < -0.39 is 0 Å². The predicted octanol–water partition coefficient (Wildman–Crippen LogP) is 5.48. The van der Waals surface area contributed by atoms with Crippen molar-refractivity contribution < 1.29 is 9.15 Å². The van der Waals surface area contributed by atoms with E-state index >= 15 is 0 Å². The Labute approximate surface area is 202 Å². The molecule has 0 radical (unpaired) electrons. The Balaban J connectivity index is 0.00000272. The van der Waals surface area contributed by atoms with Gasteiger partial charge in [-0.2, -0.15) is 0 Å². The van der Waals surface area contributed by atoms with Crippen molar-refractivity contribution in [3.05, 3.63) is 47.7 Å². The van der Waals surface area contributed by atoms with E-state index in [1.54, 1.807) is 0 Å². The first-order valence-corrected chi connectivity index (χ1v) is 11.2. The molecule has 2 aliphatic rings. The van der Waals surface area contributed by atoms with Gasteiger partial charge in [0.05, 0.1) is 12.2 Å². The lowest BCUT2D eigenvalue weighted by molar-refractivity contribution is 0.0396. The Morgan fingerprint density at radius 3 is 2.65 bits per heavy atom. The van der Waals surface area contributed by atoms with Gasteiger partial charge in [0.1, 0.15) is 23.7 Å². The number of nitrogens with one attached hydrogen (secondary N) is 2. The zero-order valence-corrected chi connectivity index (χ0v) is 21.4. The summed E-state index contributed by atoms with van der Waals surface area (Å²) in [6.07, 6.45) is 7.50. The number of aliphatic imine (C=N–C) groups is 1. The molecule has 1 saturated carbocycles. The number of guanidine groups is 1. The summed E-state index contributed by atoms with van der Waals surface area (Å²) in [6, 6.07) is 8.55. The molecule has 31 heavy (non-hydrogen) atoms. The van der Waals surface area contributed by atoms with Crippen LogP contribution in [-0.2, 0) is 12.0 Å². The number of para-hydroxylation sites is 1. The van der Waals surface area contributed by atoms with Crippen LogP contribution in [0.25, 0.3) is 0 Å². The van der Waals surface area contributed by atoms with Gasteiger partial charge in [-0.25, -0.2) is 9.98 Å². The minimum Gasteiger partial charge on any atom is -0.487 e. The number of hydrogen-bond acceptors (Lipinski definition) is 4. The Kier molecular flexibility index (Phi) is 7.55. The van der Waals surface area contributed by atoms with Crippen molar-refractivity contribution in [1.29, 1.82) is 0 Å². The van der Waals surface area contributed by atoms with Crippen molar-refractivity contribution in [3.63, 3.8) is 0 Å². The second-order valence-corrected chi connectivity index (χ2v) is 9.49. The van der Waals surface area contributed by atoms with Crippen LogP contribution in [0, 0.1) is 0 Å². The highest BCUT2D eigenvalue weighted by Crippen LogP contribution is 2.46. The molecule has 1 aromatic carbocycles. The minimum absolute atomic E-state index is 0.